The van der Waals surface area contributed by atoms with Gasteiger partial charge in [-0.05, 0) is 26.1 Å². The highest BCUT2D eigenvalue weighted by Gasteiger charge is 2.31. The fraction of sp³-hybridized carbons (Fsp3) is 0.400. The van der Waals surface area contributed by atoms with Crippen molar-refractivity contribution in [3.63, 3.8) is 0 Å². The zero-order valence-electron chi connectivity index (χ0n) is 9.28. The molecule has 2 aromatic rings. The van der Waals surface area contributed by atoms with Gasteiger partial charge in [0.15, 0.2) is 11.5 Å². The molecule has 1 unspecified atom stereocenters. The Bertz CT molecular complexity index is 532. The molecule has 0 amide bonds. The molecule has 17 heavy (non-hydrogen) atoms. The summed E-state index contributed by atoms with van der Waals surface area (Å²) in [4.78, 5) is 4.13. The van der Waals surface area contributed by atoms with Gasteiger partial charge in [0.25, 0.3) is 0 Å². The summed E-state index contributed by atoms with van der Waals surface area (Å²) in [5.74, 6) is 0.465. The summed E-state index contributed by atoms with van der Waals surface area (Å²) < 4.78 is 38.6. The maximum atomic E-state index is 12.5. The van der Waals surface area contributed by atoms with Crippen LogP contribution < -0.4 is 5.32 Å². The van der Waals surface area contributed by atoms with E-state index < -0.39 is 11.7 Å². The SMILES string of the molecule is CNC(C)c1nc2ccc(C(F)(F)F)cn2n1. The van der Waals surface area contributed by atoms with Crippen molar-refractivity contribution in [2.75, 3.05) is 7.05 Å². The number of rotatable bonds is 2. The van der Waals surface area contributed by atoms with Gasteiger partial charge in [0.2, 0.25) is 0 Å². The molecule has 2 aromatic heterocycles. The summed E-state index contributed by atoms with van der Waals surface area (Å²) in [6.07, 6.45) is -3.43. The molecule has 0 saturated heterocycles. The van der Waals surface area contributed by atoms with E-state index in [4.69, 9.17) is 0 Å². The highest BCUT2D eigenvalue weighted by molar-refractivity contribution is 5.39. The minimum atomic E-state index is -4.37. The Morgan fingerprint density at radius 1 is 1.35 bits per heavy atom. The van der Waals surface area contributed by atoms with Crippen molar-refractivity contribution in [1.82, 2.24) is 19.9 Å². The molecule has 4 nitrogen and oxygen atoms in total. The van der Waals surface area contributed by atoms with Gasteiger partial charge >= 0.3 is 6.18 Å². The molecule has 1 atom stereocenters. The number of aromatic nitrogens is 3. The summed E-state index contributed by atoms with van der Waals surface area (Å²) >= 11 is 0. The molecule has 0 saturated carbocycles. The van der Waals surface area contributed by atoms with Crippen molar-refractivity contribution in [2.24, 2.45) is 0 Å². The van der Waals surface area contributed by atoms with E-state index in [9.17, 15) is 13.2 Å². The van der Waals surface area contributed by atoms with Gasteiger partial charge < -0.3 is 5.32 Å². The lowest BCUT2D eigenvalue weighted by molar-refractivity contribution is -0.137. The third-order valence-corrected chi connectivity index (χ3v) is 2.49. The van der Waals surface area contributed by atoms with Gasteiger partial charge in [0.1, 0.15) is 0 Å². The number of halogens is 3. The minimum absolute atomic E-state index is 0.107. The van der Waals surface area contributed by atoms with Crippen molar-refractivity contribution < 1.29 is 13.2 Å². The van der Waals surface area contributed by atoms with Gasteiger partial charge in [0.05, 0.1) is 11.6 Å². The molecule has 0 radical (unpaired) electrons. The summed E-state index contributed by atoms with van der Waals surface area (Å²) in [7, 11) is 1.73. The van der Waals surface area contributed by atoms with Gasteiger partial charge in [-0.1, -0.05) is 0 Å². The average molecular weight is 244 g/mol. The molecule has 0 spiro atoms. The molecule has 0 aliphatic heterocycles. The molecular weight excluding hydrogens is 233 g/mol. The van der Waals surface area contributed by atoms with Crippen molar-refractivity contribution in [3.8, 4) is 0 Å². The number of nitrogens with zero attached hydrogens (tertiary/aromatic N) is 3. The van der Waals surface area contributed by atoms with Crippen LogP contribution in [0.4, 0.5) is 13.2 Å². The molecule has 0 aliphatic carbocycles. The van der Waals surface area contributed by atoms with Crippen LogP contribution in [0.1, 0.15) is 24.4 Å². The Labute approximate surface area is 95.5 Å². The van der Waals surface area contributed by atoms with E-state index in [1.807, 2.05) is 6.92 Å². The van der Waals surface area contributed by atoms with E-state index in [1.54, 1.807) is 7.05 Å². The van der Waals surface area contributed by atoms with Crippen LogP contribution in [0.15, 0.2) is 18.3 Å². The fourth-order valence-electron chi connectivity index (χ4n) is 1.38. The number of fused-ring (bicyclic) bond motifs is 1. The van der Waals surface area contributed by atoms with Crippen LogP contribution in [0.2, 0.25) is 0 Å². The predicted octanol–water partition coefficient (Wildman–Crippen LogP) is 2.03. The number of hydrogen-bond acceptors (Lipinski definition) is 3. The second kappa shape index (κ2) is 3.99. The summed E-state index contributed by atoms with van der Waals surface area (Å²) in [5, 5.41) is 6.93. The number of hydrogen-bond donors (Lipinski definition) is 1. The third kappa shape index (κ3) is 2.23. The lowest BCUT2D eigenvalue weighted by Gasteiger charge is -2.05. The van der Waals surface area contributed by atoms with Gasteiger partial charge in [-0.2, -0.15) is 13.2 Å². The lowest BCUT2D eigenvalue weighted by Crippen LogP contribution is -2.13. The first-order chi connectivity index (χ1) is 7.91. The van der Waals surface area contributed by atoms with Gasteiger partial charge in [0, 0.05) is 6.20 Å². The van der Waals surface area contributed by atoms with Crippen molar-refractivity contribution in [2.45, 2.75) is 19.1 Å². The van der Waals surface area contributed by atoms with Crippen LogP contribution in [0, 0.1) is 0 Å². The number of pyridine rings is 1. The monoisotopic (exact) mass is 244 g/mol. The Morgan fingerprint density at radius 2 is 2.06 bits per heavy atom. The number of alkyl halides is 3. The van der Waals surface area contributed by atoms with Gasteiger partial charge in [-0.15, -0.1) is 5.10 Å². The highest BCUT2D eigenvalue weighted by Crippen LogP contribution is 2.29. The third-order valence-electron chi connectivity index (χ3n) is 2.49. The topological polar surface area (TPSA) is 42.2 Å². The van der Waals surface area contributed by atoms with E-state index in [2.05, 4.69) is 15.4 Å². The summed E-state index contributed by atoms with van der Waals surface area (Å²) in [6, 6.07) is 2.20. The summed E-state index contributed by atoms with van der Waals surface area (Å²) in [6.45, 7) is 1.83. The molecule has 0 aromatic carbocycles. The van der Waals surface area contributed by atoms with E-state index in [0.717, 1.165) is 16.8 Å². The van der Waals surface area contributed by atoms with Gasteiger partial charge in [-0.25, -0.2) is 9.50 Å². The van der Waals surface area contributed by atoms with E-state index in [1.165, 1.54) is 6.07 Å². The Hall–Kier alpha value is -1.63. The quantitative estimate of drug-likeness (QED) is 0.878. The van der Waals surface area contributed by atoms with E-state index in [-0.39, 0.29) is 6.04 Å². The molecule has 2 heterocycles. The second-order valence-corrected chi connectivity index (χ2v) is 3.70. The first-order valence-corrected chi connectivity index (χ1v) is 5.02. The van der Waals surface area contributed by atoms with Crippen LogP contribution in [0.5, 0.6) is 0 Å². The Balaban J connectivity index is 2.48. The Kier molecular flexibility index (Phi) is 2.78. The predicted molar refractivity (Wildman–Crippen MR) is 55.5 cm³/mol. The largest absolute Gasteiger partial charge is 0.417 e. The fourth-order valence-corrected chi connectivity index (χ4v) is 1.38. The Morgan fingerprint density at radius 3 is 2.65 bits per heavy atom. The van der Waals surface area contributed by atoms with Crippen LogP contribution in [-0.2, 0) is 6.18 Å². The minimum Gasteiger partial charge on any atom is -0.311 e. The molecule has 2 rings (SSSR count). The molecule has 1 N–H and O–H groups in total. The van der Waals surface area contributed by atoms with E-state index in [0.29, 0.717) is 11.5 Å². The molecule has 0 aliphatic rings. The zero-order valence-corrected chi connectivity index (χ0v) is 9.28. The normalized spacial score (nSPS) is 14.2. The van der Waals surface area contributed by atoms with E-state index >= 15 is 0 Å². The smallest absolute Gasteiger partial charge is 0.311 e. The first-order valence-electron chi connectivity index (χ1n) is 5.02. The zero-order chi connectivity index (χ0) is 12.6. The van der Waals surface area contributed by atoms with Crippen LogP contribution >= 0.6 is 0 Å². The summed E-state index contributed by atoms with van der Waals surface area (Å²) in [5.41, 5.74) is -0.339. The number of nitrogens with one attached hydrogen (secondary N) is 1. The van der Waals surface area contributed by atoms with Crippen molar-refractivity contribution >= 4 is 5.65 Å². The molecule has 7 heteroatoms. The maximum Gasteiger partial charge on any atom is 0.417 e. The molecular formula is C10H11F3N4. The molecule has 0 bridgehead atoms. The van der Waals surface area contributed by atoms with Crippen LogP contribution in [0.25, 0.3) is 5.65 Å². The van der Waals surface area contributed by atoms with Crippen molar-refractivity contribution in [3.05, 3.63) is 29.7 Å². The van der Waals surface area contributed by atoms with Crippen LogP contribution in [-0.4, -0.2) is 21.6 Å². The maximum absolute atomic E-state index is 12.5. The molecule has 92 valence electrons. The lowest BCUT2D eigenvalue weighted by atomic mass is 10.3. The van der Waals surface area contributed by atoms with Crippen LogP contribution in [0.3, 0.4) is 0 Å². The van der Waals surface area contributed by atoms with Crippen molar-refractivity contribution in [1.29, 1.82) is 0 Å². The second-order valence-electron chi connectivity index (χ2n) is 3.70. The molecule has 0 fully saturated rings. The highest BCUT2D eigenvalue weighted by atomic mass is 19.4. The first kappa shape index (κ1) is 11.8. The van der Waals surface area contributed by atoms with Gasteiger partial charge in [-0.3, -0.25) is 0 Å². The average Bonchev–Trinajstić information content (AvgIpc) is 2.69. The standard InChI is InChI=1S/C10H11F3N4/c1-6(14-2)9-15-8-4-3-7(10(11,12)13)5-17(8)16-9/h3-6,14H,1-2H3.